The molecule has 22 heavy (non-hydrogen) atoms. The minimum Gasteiger partial charge on any atom is -0.205 e. The number of aromatic nitrogens is 1. The van der Waals surface area contributed by atoms with Crippen LogP contribution < -0.4 is 4.57 Å². The number of aryl methyl sites for hydroxylation is 3. The summed E-state index contributed by atoms with van der Waals surface area (Å²) in [5.74, 6) is 0.867. The Morgan fingerprint density at radius 2 is 1.64 bits per heavy atom. The number of rotatable bonds is 5. The lowest BCUT2D eigenvalue weighted by Gasteiger charge is -2.25. The zero-order valence-corrected chi connectivity index (χ0v) is 14.0. The molecule has 0 aromatic carbocycles. The normalized spacial score (nSPS) is 19.7. The number of nitrogens with zero attached hydrogens (tertiary/aromatic N) is 1. The van der Waals surface area contributed by atoms with Crippen molar-refractivity contribution in [3.05, 3.63) is 29.1 Å². The lowest BCUT2D eigenvalue weighted by atomic mass is 8.57. The Morgan fingerprint density at radius 1 is 1.05 bits per heavy atom. The van der Waals surface area contributed by atoms with Crippen LogP contribution in [-0.2, 0) is 7.05 Å². The Kier molecular flexibility index (Phi) is 5.55. The zero-order valence-electron chi connectivity index (χ0n) is 14.0. The van der Waals surface area contributed by atoms with Gasteiger partial charge in [0.1, 0.15) is 13.7 Å². The highest BCUT2D eigenvalue weighted by atomic mass is 14.9. The van der Waals surface area contributed by atoms with Crippen molar-refractivity contribution in [3.63, 3.8) is 0 Å². The van der Waals surface area contributed by atoms with Crippen molar-refractivity contribution < 1.29 is 4.57 Å². The van der Waals surface area contributed by atoms with Gasteiger partial charge in [-0.3, -0.25) is 0 Å². The van der Waals surface area contributed by atoms with E-state index >= 15 is 0 Å². The van der Waals surface area contributed by atoms with Gasteiger partial charge in [-0.2, -0.15) is 0 Å². The number of pyridine rings is 1. The molecule has 0 bridgehead atoms. The highest BCUT2D eigenvalue weighted by Gasteiger charge is 2.59. The molecule has 11 heteroatoms. The van der Waals surface area contributed by atoms with Crippen LogP contribution in [0.5, 0.6) is 0 Å². The molecule has 0 aliphatic carbocycles. The molecule has 1 saturated heterocycles. The second kappa shape index (κ2) is 6.73. The van der Waals surface area contributed by atoms with Gasteiger partial charge < -0.3 is 0 Å². The maximum atomic E-state index is 6.18. The van der Waals surface area contributed by atoms with Crippen molar-refractivity contribution >= 4 is 70.8 Å². The van der Waals surface area contributed by atoms with Crippen molar-refractivity contribution in [1.82, 2.24) is 0 Å². The van der Waals surface area contributed by atoms with Gasteiger partial charge in [0.15, 0.2) is 11.9 Å². The quantitative estimate of drug-likeness (QED) is 0.442. The fourth-order valence-corrected chi connectivity index (χ4v) is 3.81. The van der Waals surface area contributed by atoms with E-state index in [2.05, 4.69) is 44.6 Å². The molecule has 0 amide bonds. The maximum absolute atomic E-state index is 6.18. The minimum absolute atomic E-state index is 0.0818. The second-order valence-electron chi connectivity index (χ2n) is 6.95. The Labute approximate surface area is 144 Å². The molecule has 1 aromatic heterocycles. The molecule has 2 heterocycles. The standard InChI is InChI=1S/C11H16B10N/c1-7-5-10(22(4)6-8(7)2)11-9(3)17(11)21(19(14)15)20(16)18(12)13/h5-6,9,11H,1-4H3/q+1/t9-,11?/m0/s1. The highest BCUT2D eigenvalue weighted by Crippen LogP contribution is 2.51. The van der Waals surface area contributed by atoms with E-state index in [9.17, 15) is 0 Å². The van der Waals surface area contributed by atoms with Gasteiger partial charge in [-0.05, 0) is 19.4 Å². The molecule has 1 nitrogen and oxygen atoms in total. The molecule has 2 rings (SSSR count). The fourth-order valence-electron chi connectivity index (χ4n) is 3.81. The highest BCUT2D eigenvalue weighted by molar-refractivity contribution is 8.01. The molecule has 0 spiro atoms. The summed E-state index contributed by atoms with van der Waals surface area (Å²) in [7, 11) is 31.8. The van der Waals surface area contributed by atoms with Crippen molar-refractivity contribution in [2.45, 2.75) is 32.4 Å². The molecule has 0 N–H and O–H groups in total. The largest absolute Gasteiger partial charge is 0.205 e. The van der Waals surface area contributed by atoms with E-state index in [1.807, 2.05) is 0 Å². The topological polar surface area (TPSA) is 3.88 Å². The smallest absolute Gasteiger partial charge is 0.175 e. The lowest BCUT2D eigenvalue weighted by molar-refractivity contribution is -0.679. The van der Waals surface area contributed by atoms with Crippen LogP contribution >= 0.6 is 0 Å². The van der Waals surface area contributed by atoms with Crippen LogP contribution in [0, 0.1) is 13.8 Å². The van der Waals surface area contributed by atoms with Crippen molar-refractivity contribution in [2.75, 3.05) is 0 Å². The van der Waals surface area contributed by atoms with Gasteiger partial charge in [0.05, 0.1) is 0 Å². The summed E-state index contributed by atoms with van der Waals surface area (Å²) in [6.45, 7) is 6.79. The van der Waals surface area contributed by atoms with Gasteiger partial charge in [-0.25, -0.2) is 4.57 Å². The molecule has 0 saturated carbocycles. The summed E-state index contributed by atoms with van der Waals surface area (Å²) >= 11 is 0. The summed E-state index contributed by atoms with van der Waals surface area (Å²) in [5.41, 5.74) is 3.87. The third kappa shape index (κ3) is 3.34. The molecule has 1 aromatic rings. The van der Waals surface area contributed by atoms with E-state index < -0.39 is 19.2 Å². The van der Waals surface area contributed by atoms with E-state index in [0.717, 1.165) is 0 Å². The van der Waals surface area contributed by atoms with E-state index in [1.165, 1.54) is 16.8 Å². The van der Waals surface area contributed by atoms with Crippen LogP contribution in [0.3, 0.4) is 0 Å². The van der Waals surface area contributed by atoms with E-state index in [4.69, 9.17) is 38.7 Å². The summed E-state index contributed by atoms with van der Waals surface area (Å²) < 4.78 is 2.19. The van der Waals surface area contributed by atoms with Crippen molar-refractivity contribution in [1.29, 1.82) is 0 Å². The molecule has 1 aliphatic heterocycles. The predicted molar refractivity (Wildman–Crippen MR) is 107 cm³/mol. The molecule has 10 radical (unpaired) electrons. The van der Waals surface area contributed by atoms with Crippen LogP contribution in [0.2, 0.25) is 5.82 Å². The molecule has 1 aliphatic rings. The molecule has 1 unspecified atom stereocenters. The maximum Gasteiger partial charge on any atom is 0.175 e. The minimum atomic E-state index is -0.610. The van der Waals surface area contributed by atoms with Gasteiger partial charge in [-0.15, -0.1) is 0 Å². The van der Waals surface area contributed by atoms with E-state index in [1.54, 1.807) is 0 Å². The van der Waals surface area contributed by atoms with E-state index in [0.29, 0.717) is 18.2 Å². The first kappa shape index (κ1) is 18.1. The first-order valence-corrected chi connectivity index (χ1v) is 7.91. The monoisotopic (exact) mass is 272 g/mol. The van der Waals surface area contributed by atoms with Crippen LogP contribution in [0.25, 0.3) is 0 Å². The van der Waals surface area contributed by atoms with Gasteiger partial charge in [0.25, 0.3) is 0 Å². The van der Waals surface area contributed by atoms with Crippen LogP contribution in [0.1, 0.15) is 29.6 Å². The fraction of sp³-hybridized carbons (Fsp3) is 0.545. The lowest BCUT2D eigenvalue weighted by Crippen LogP contribution is -2.64. The van der Waals surface area contributed by atoms with Gasteiger partial charge >= 0.3 is 0 Å². The van der Waals surface area contributed by atoms with Crippen molar-refractivity contribution in [3.8, 4) is 0 Å². The third-order valence-electron chi connectivity index (χ3n) is 5.35. The van der Waals surface area contributed by atoms with E-state index in [-0.39, 0.29) is 6.39 Å². The average molecular weight is 270 g/mol. The average Bonchev–Trinajstić information content (AvgIpc) is 3.04. The summed E-state index contributed by atoms with van der Waals surface area (Å²) in [5, 5.41) is 0. The molecular formula is C11H16B10N+. The molecular weight excluding hydrogens is 254 g/mol. The Hall–Kier alpha value is -0.201. The first-order valence-electron chi connectivity index (χ1n) is 7.91. The number of hydrogen-bond donors (Lipinski definition) is 0. The molecule has 94 valence electrons. The van der Waals surface area contributed by atoms with Crippen LogP contribution in [0.15, 0.2) is 12.3 Å². The summed E-state index contributed by atoms with van der Waals surface area (Å²) in [4.78, 5) is 0. The Morgan fingerprint density at radius 3 is 2.14 bits per heavy atom. The van der Waals surface area contributed by atoms with Crippen LogP contribution in [0.4, 0.5) is 0 Å². The third-order valence-corrected chi connectivity index (χ3v) is 5.35. The first-order chi connectivity index (χ1) is 10.2. The summed E-state index contributed by atoms with van der Waals surface area (Å²) in [6.07, 6.45) is 0.565. The molecule has 2 atom stereocenters. The SMILES string of the molecule is [B]B([B])B([B])B(B([B])[B])B1C(c2cc(C)c(C)c[n+]2C)[C@@H]1C. The Balaban J connectivity index is 2.30. The number of hydrogen-bond acceptors (Lipinski definition) is 0. The summed E-state index contributed by atoms with van der Waals surface area (Å²) in [6, 6.07) is 2.25. The zero-order chi connectivity index (χ0) is 16.8. The Bertz CT molecular complexity index is 550. The van der Waals surface area contributed by atoms with Crippen molar-refractivity contribution in [2.24, 2.45) is 7.05 Å². The predicted octanol–water partition coefficient (Wildman–Crippen LogP) is -1.73. The molecule has 1 fully saturated rings. The van der Waals surface area contributed by atoms with Gasteiger partial charge in [-0.1, -0.05) is 12.7 Å². The van der Waals surface area contributed by atoms with Gasteiger partial charge in [0, 0.05) is 81.7 Å². The second-order valence-corrected chi connectivity index (χ2v) is 6.95. The van der Waals surface area contributed by atoms with Gasteiger partial charge in [0.2, 0.25) is 0 Å². The van der Waals surface area contributed by atoms with Crippen LogP contribution in [-0.4, -0.2) is 70.8 Å².